The lowest BCUT2D eigenvalue weighted by atomic mass is 9.95. The van der Waals surface area contributed by atoms with Crippen LogP contribution in [0.25, 0.3) is 5.82 Å². The van der Waals surface area contributed by atoms with E-state index in [1.165, 1.54) is 0 Å². The Balaban J connectivity index is 1.75. The maximum Gasteiger partial charge on any atom is 0.153 e. The molecule has 0 spiro atoms. The Hall–Kier alpha value is -2.80. The molecule has 0 amide bonds. The van der Waals surface area contributed by atoms with Gasteiger partial charge >= 0.3 is 0 Å². The third kappa shape index (κ3) is 4.72. The maximum atomic E-state index is 5.24. The van der Waals surface area contributed by atoms with Crippen molar-refractivity contribution in [2.75, 3.05) is 12.4 Å². The molecule has 3 rings (SSSR count). The predicted molar refractivity (Wildman–Crippen MR) is 110 cm³/mol. The first-order valence-corrected chi connectivity index (χ1v) is 9.36. The highest BCUT2D eigenvalue weighted by Crippen LogP contribution is 2.21. The van der Waals surface area contributed by atoms with Crippen molar-refractivity contribution in [2.24, 2.45) is 0 Å². The van der Waals surface area contributed by atoms with Gasteiger partial charge in [0.05, 0.1) is 18.0 Å². The number of hydrogen-bond donors (Lipinski definition) is 1. The van der Waals surface area contributed by atoms with Crippen LogP contribution in [0.4, 0.5) is 5.82 Å². The molecule has 0 bridgehead atoms. The summed E-state index contributed by atoms with van der Waals surface area (Å²) in [5, 5.41) is 7.85. The summed E-state index contributed by atoms with van der Waals surface area (Å²) in [5.41, 5.74) is 3.84. The van der Waals surface area contributed by atoms with Gasteiger partial charge in [-0.3, -0.25) is 0 Å². The van der Waals surface area contributed by atoms with Gasteiger partial charge in [0.1, 0.15) is 11.6 Å². The molecule has 0 aliphatic rings. The molecular weight excluding hydrogens is 352 g/mol. The van der Waals surface area contributed by atoms with Crippen LogP contribution < -0.4 is 5.32 Å². The SMILES string of the molecule is COCc1cc(NCc2ccc(-n3nc(C)cc3C)nc2)nc(C(C)(C)C)n1. The summed E-state index contributed by atoms with van der Waals surface area (Å²) in [6, 6.07) is 7.99. The van der Waals surface area contributed by atoms with Crippen LogP contribution in [0.15, 0.2) is 30.5 Å². The molecule has 0 unspecified atom stereocenters. The number of nitrogens with one attached hydrogen (secondary N) is 1. The van der Waals surface area contributed by atoms with Gasteiger partial charge < -0.3 is 10.1 Å². The zero-order valence-electron chi connectivity index (χ0n) is 17.4. The van der Waals surface area contributed by atoms with Gasteiger partial charge in [-0.1, -0.05) is 26.8 Å². The lowest BCUT2D eigenvalue weighted by Gasteiger charge is -2.19. The van der Waals surface area contributed by atoms with E-state index < -0.39 is 0 Å². The van der Waals surface area contributed by atoms with Crippen molar-refractivity contribution in [1.29, 1.82) is 0 Å². The van der Waals surface area contributed by atoms with Gasteiger partial charge in [0.2, 0.25) is 0 Å². The van der Waals surface area contributed by atoms with Crippen LogP contribution in [-0.4, -0.2) is 31.8 Å². The fourth-order valence-corrected chi connectivity index (χ4v) is 2.85. The zero-order valence-corrected chi connectivity index (χ0v) is 17.4. The van der Waals surface area contributed by atoms with E-state index in [1.54, 1.807) is 7.11 Å². The first-order valence-electron chi connectivity index (χ1n) is 9.36. The molecule has 28 heavy (non-hydrogen) atoms. The Morgan fingerprint density at radius 1 is 1.11 bits per heavy atom. The van der Waals surface area contributed by atoms with Gasteiger partial charge in [0, 0.05) is 37.0 Å². The summed E-state index contributed by atoms with van der Waals surface area (Å²) >= 11 is 0. The molecule has 0 fully saturated rings. The lowest BCUT2D eigenvalue weighted by molar-refractivity contribution is 0.181. The van der Waals surface area contributed by atoms with E-state index in [0.29, 0.717) is 13.2 Å². The van der Waals surface area contributed by atoms with Crippen molar-refractivity contribution in [3.05, 3.63) is 58.9 Å². The summed E-state index contributed by atoms with van der Waals surface area (Å²) in [7, 11) is 1.67. The van der Waals surface area contributed by atoms with Crippen LogP contribution in [0, 0.1) is 13.8 Å². The van der Waals surface area contributed by atoms with Gasteiger partial charge in [0.15, 0.2) is 5.82 Å². The fourth-order valence-electron chi connectivity index (χ4n) is 2.85. The zero-order chi connectivity index (χ0) is 20.3. The Bertz CT molecular complexity index is 941. The van der Waals surface area contributed by atoms with E-state index in [0.717, 1.165) is 40.1 Å². The molecule has 0 aliphatic carbocycles. The molecule has 0 saturated heterocycles. The van der Waals surface area contributed by atoms with Gasteiger partial charge in [-0.15, -0.1) is 0 Å². The Morgan fingerprint density at radius 2 is 1.89 bits per heavy atom. The van der Waals surface area contributed by atoms with Gasteiger partial charge in [-0.05, 0) is 31.5 Å². The first-order chi connectivity index (χ1) is 13.3. The van der Waals surface area contributed by atoms with Crippen LogP contribution in [-0.2, 0) is 23.3 Å². The average Bonchev–Trinajstić information content (AvgIpc) is 2.98. The molecule has 3 aromatic heterocycles. The molecule has 0 aliphatic heterocycles. The minimum atomic E-state index is -0.136. The van der Waals surface area contributed by atoms with Crippen LogP contribution >= 0.6 is 0 Å². The number of hydrogen-bond acceptors (Lipinski definition) is 6. The Labute approximate surface area is 166 Å². The molecular formula is C21H28N6O. The van der Waals surface area contributed by atoms with E-state index in [4.69, 9.17) is 4.74 Å². The third-order valence-electron chi connectivity index (χ3n) is 4.25. The number of aryl methyl sites for hydroxylation is 2. The minimum Gasteiger partial charge on any atom is -0.378 e. The second-order valence-electron chi connectivity index (χ2n) is 7.97. The van der Waals surface area contributed by atoms with Crippen LogP contribution in [0.3, 0.4) is 0 Å². The molecule has 0 saturated carbocycles. The monoisotopic (exact) mass is 380 g/mol. The number of rotatable bonds is 6. The maximum absolute atomic E-state index is 5.24. The minimum absolute atomic E-state index is 0.136. The largest absolute Gasteiger partial charge is 0.378 e. The number of aromatic nitrogens is 5. The standard InChI is InChI=1S/C21H28N6O/c1-14-9-15(2)27(26-14)19-8-7-16(12-23-19)11-22-18-10-17(13-28-6)24-20(25-18)21(3,4)5/h7-10,12H,11,13H2,1-6H3,(H,22,24,25). The molecule has 0 atom stereocenters. The Kier molecular flexibility index (Phi) is 5.74. The topological polar surface area (TPSA) is 77.8 Å². The molecule has 3 heterocycles. The highest BCUT2D eigenvalue weighted by atomic mass is 16.5. The van der Waals surface area contributed by atoms with E-state index in [1.807, 2.05) is 49.0 Å². The van der Waals surface area contributed by atoms with Crippen molar-refractivity contribution < 1.29 is 4.74 Å². The predicted octanol–water partition coefficient (Wildman–Crippen LogP) is 3.73. The summed E-state index contributed by atoms with van der Waals surface area (Å²) in [5.74, 6) is 2.39. The number of pyridine rings is 1. The van der Waals surface area contributed by atoms with Crippen LogP contribution in [0.1, 0.15) is 49.2 Å². The average molecular weight is 380 g/mol. The van der Waals surface area contributed by atoms with E-state index >= 15 is 0 Å². The number of ether oxygens (including phenoxy) is 1. The van der Waals surface area contributed by atoms with Gasteiger partial charge in [-0.25, -0.2) is 19.6 Å². The number of methoxy groups -OCH3 is 1. The van der Waals surface area contributed by atoms with Crippen molar-refractivity contribution in [1.82, 2.24) is 24.7 Å². The van der Waals surface area contributed by atoms with E-state index in [-0.39, 0.29) is 5.41 Å². The third-order valence-corrected chi connectivity index (χ3v) is 4.25. The molecule has 3 aromatic rings. The molecule has 0 radical (unpaired) electrons. The summed E-state index contributed by atoms with van der Waals surface area (Å²) in [6.07, 6.45) is 1.86. The second kappa shape index (κ2) is 8.06. The summed E-state index contributed by atoms with van der Waals surface area (Å²) < 4.78 is 7.09. The molecule has 7 nitrogen and oxygen atoms in total. The Morgan fingerprint density at radius 3 is 2.46 bits per heavy atom. The second-order valence-corrected chi connectivity index (χ2v) is 7.97. The molecule has 148 valence electrons. The fraction of sp³-hybridized carbons (Fsp3) is 0.429. The van der Waals surface area contributed by atoms with Gasteiger partial charge in [-0.2, -0.15) is 5.10 Å². The molecule has 1 N–H and O–H groups in total. The first kappa shape index (κ1) is 19.9. The van der Waals surface area contributed by atoms with Crippen LogP contribution in [0.2, 0.25) is 0 Å². The summed E-state index contributed by atoms with van der Waals surface area (Å²) in [6.45, 7) is 11.4. The lowest BCUT2D eigenvalue weighted by Crippen LogP contribution is -2.18. The van der Waals surface area contributed by atoms with Gasteiger partial charge in [0.25, 0.3) is 0 Å². The molecule has 7 heteroatoms. The van der Waals surface area contributed by atoms with E-state index in [2.05, 4.69) is 46.1 Å². The van der Waals surface area contributed by atoms with Crippen molar-refractivity contribution >= 4 is 5.82 Å². The smallest absolute Gasteiger partial charge is 0.153 e. The van der Waals surface area contributed by atoms with Crippen LogP contribution in [0.5, 0.6) is 0 Å². The van der Waals surface area contributed by atoms with Crippen molar-refractivity contribution in [3.8, 4) is 5.82 Å². The highest BCUT2D eigenvalue weighted by molar-refractivity contribution is 5.38. The van der Waals surface area contributed by atoms with Crippen molar-refractivity contribution in [2.45, 2.75) is 53.2 Å². The summed E-state index contributed by atoms with van der Waals surface area (Å²) in [4.78, 5) is 13.8. The van der Waals surface area contributed by atoms with E-state index in [9.17, 15) is 0 Å². The number of nitrogens with zero attached hydrogens (tertiary/aromatic N) is 5. The quantitative estimate of drug-likeness (QED) is 0.702. The highest BCUT2D eigenvalue weighted by Gasteiger charge is 2.19. The van der Waals surface area contributed by atoms with Crippen molar-refractivity contribution in [3.63, 3.8) is 0 Å². The number of anilines is 1. The normalized spacial score (nSPS) is 11.6. The molecule has 0 aromatic carbocycles.